The summed E-state index contributed by atoms with van der Waals surface area (Å²) in [6.45, 7) is 4.74. The van der Waals surface area contributed by atoms with Crippen LogP contribution < -0.4 is 0 Å². The molecule has 1 amide bonds. The van der Waals surface area contributed by atoms with Crippen molar-refractivity contribution in [2.75, 3.05) is 6.54 Å². The second kappa shape index (κ2) is 2.87. The molecule has 1 aliphatic rings. The van der Waals surface area contributed by atoms with E-state index in [2.05, 4.69) is 4.98 Å². The minimum Gasteiger partial charge on any atom is -0.448 e. The Hall–Kier alpha value is -1.32. The predicted octanol–water partition coefficient (Wildman–Crippen LogP) is 1.08. The van der Waals surface area contributed by atoms with Crippen LogP contribution in [0, 0.1) is 0 Å². The number of amides is 1. The summed E-state index contributed by atoms with van der Waals surface area (Å²) in [6, 6.07) is 0.234. The molecule has 0 atom stereocenters. The summed E-state index contributed by atoms with van der Waals surface area (Å²) in [7, 11) is 0. The van der Waals surface area contributed by atoms with Gasteiger partial charge in [0.15, 0.2) is 12.1 Å². The molecule has 2 heterocycles. The number of rotatable bonds is 1. The highest BCUT2D eigenvalue weighted by Gasteiger charge is 2.29. The van der Waals surface area contributed by atoms with Gasteiger partial charge in [-0.15, -0.1) is 0 Å². The van der Waals surface area contributed by atoms with Crippen molar-refractivity contribution in [3.05, 3.63) is 17.8 Å². The van der Waals surface area contributed by atoms with Crippen LogP contribution in [0.5, 0.6) is 0 Å². The van der Waals surface area contributed by atoms with Crippen molar-refractivity contribution in [2.24, 2.45) is 0 Å². The average Bonchev–Trinajstić information content (AvgIpc) is 2.52. The summed E-state index contributed by atoms with van der Waals surface area (Å²) in [4.78, 5) is 17.4. The lowest BCUT2D eigenvalue weighted by molar-refractivity contribution is 0.0675. The molecule has 0 N–H and O–H groups in total. The maximum atomic E-state index is 11.7. The zero-order valence-corrected chi connectivity index (χ0v) is 7.78. The fourth-order valence-corrected chi connectivity index (χ4v) is 1.57. The van der Waals surface area contributed by atoms with Gasteiger partial charge >= 0.3 is 0 Å². The van der Waals surface area contributed by atoms with Gasteiger partial charge in [-0.25, -0.2) is 4.98 Å². The Kier molecular flexibility index (Phi) is 1.83. The molecule has 2 rings (SSSR count). The SMILES string of the molecule is CC(C)N1CCc2ocnc2C1=O. The van der Waals surface area contributed by atoms with Gasteiger partial charge in [0.2, 0.25) is 0 Å². The van der Waals surface area contributed by atoms with E-state index in [1.165, 1.54) is 6.39 Å². The number of carbonyl (C=O) groups is 1. The molecule has 0 saturated carbocycles. The molecule has 0 bridgehead atoms. The van der Waals surface area contributed by atoms with E-state index in [1.807, 2.05) is 18.7 Å². The van der Waals surface area contributed by atoms with Gasteiger partial charge in [0.25, 0.3) is 5.91 Å². The monoisotopic (exact) mass is 180 g/mol. The lowest BCUT2D eigenvalue weighted by Crippen LogP contribution is -2.41. The summed E-state index contributed by atoms with van der Waals surface area (Å²) in [5.74, 6) is 0.715. The van der Waals surface area contributed by atoms with E-state index in [0.717, 1.165) is 18.7 Å². The topological polar surface area (TPSA) is 46.3 Å². The predicted molar refractivity (Wildman–Crippen MR) is 46.4 cm³/mol. The van der Waals surface area contributed by atoms with Gasteiger partial charge in [-0.1, -0.05) is 0 Å². The highest BCUT2D eigenvalue weighted by Crippen LogP contribution is 2.18. The Morgan fingerprint density at radius 2 is 2.38 bits per heavy atom. The van der Waals surface area contributed by atoms with E-state index >= 15 is 0 Å². The van der Waals surface area contributed by atoms with Gasteiger partial charge in [0.1, 0.15) is 5.76 Å². The smallest absolute Gasteiger partial charge is 0.276 e. The second-order valence-electron chi connectivity index (χ2n) is 3.47. The fourth-order valence-electron chi connectivity index (χ4n) is 1.57. The third kappa shape index (κ3) is 1.22. The number of oxazole rings is 1. The molecule has 0 aromatic carbocycles. The highest BCUT2D eigenvalue weighted by atomic mass is 16.3. The van der Waals surface area contributed by atoms with Crippen LogP contribution in [0.25, 0.3) is 0 Å². The summed E-state index contributed by atoms with van der Waals surface area (Å²) in [5, 5.41) is 0. The molecule has 13 heavy (non-hydrogen) atoms. The van der Waals surface area contributed by atoms with Crippen molar-refractivity contribution >= 4 is 5.91 Å². The number of nitrogens with zero attached hydrogens (tertiary/aromatic N) is 2. The van der Waals surface area contributed by atoms with Gasteiger partial charge in [-0.2, -0.15) is 0 Å². The number of hydrogen-bond acceptors (Lipinski definition) is 3. The minimum atomic E-state index is -0.00926. The Morgan fingerprint density at radius 1 is 1.62 bits per heavy atom. The Labute approximate surface area is 76.6 Å². The lowest BCUT2D eigenvalue weighted by Gasteiger charge is -2.28. The summed E-state index contributed by atoms with van der Waals surface area (Å²) in [6.07, 6.45) is 2.12. The molecule has 1 aromatic rings. The molecule has 0 aliphatic carbocycles. The van der Waals surface area contributed by atoms with Crippen LogP contribution in [-0.4, -0.2) is 28.4 Å². The van der Waals surface area contributed by atoms with Crippen LogP contribution in [0.4, 0.5) is 0 Å². The second-order valence-corrected chi connectivity index (χ2v) is 3.47. The van der Waals surface area contributed by atoms with Crippen molar-refractivity contribution in [1.29, 1.82) is 0 Å². The Balaban J connectivity index is 2.32. The van der Waals surface area contributed by atoms with Gasteiger partial charge in [-0.3, -0.25) is 4.79 Å². The quantitative estimate of drug-likeness (QED) is 0.649. The molecule has 70 valence electrons. The first kappa shape index (κ1) is 8.29. The summed E-state index contributed by atoms with van der Waals surface area (Å²) in [5.41, 5.74) is 0.486. The van der Waals surface area contributed by atoms with Gasteiger partial charge in [-0.05, 0) is 13.8 Å². The number of carbonyl (C=O) groups excluding carboxylic acids is 1. The maximum Gasteiger partial charge on any atom is 0.276 e. The van der Waals surface area contributed by atoms with Gasteiger partial charge in [0.05, 0.1) is 0 Å². The summed E-state index contributed by atoms with van der Waals surface area (Å²) < 4.78 is 5.10. The first-order valence-electron chi connectivity index (χ1n) is 4.43. The molecule has 0 spiro atoms. The zero-order valence-electron chi connectivity index (χ0n) is 7.78. The molecule has 1 aliphatic heterocycles. The molecule has 0 radical (unpaired) electrons. The number of aromatic nitrogens is 1. The van der Waals surface area contributed by atoms with Crippen molar-refractivity contribution in [3.8, 4) is 0 Å². The maximum absolute atomic E-state index is 11.7. The third-order valence-electron chi connectivity index (χ3n) is 2.31. The number of hydrogen-bond donors (Lipinski definition) is 0. The fraction of sp³-hybridized carbons (Fsp3) is 0.556. The van der Waals surface area contributed by atoms with Crippen LogP contribution >= 0.6 is 0 Å². The van der Waals surface area contributed by atoms with Crippen molar-refractivity contribution in [2.45, 2.75) is 26.3 Å². The summed E-state index contributed by atoms with van der Waals surface area (Å²) >= 11 is 0. The molecule has 0 fully saturated rings. The first-order valence-corrected chi connectivity index (χ1v) is 4.43. The van der Waals surface area contributed by atoms with Gasteiger partial charge < -0.3 is 9.32 Å². The van der Waals surface area contributed by atoms with Crippen LogP contribution in [0.15, 0.2) is 10.8 Å². The van der Waals surface area contributed by atoms with Crippen molar-refractivity contribution in [1.82, 2.24) is 9.88 Å². The van der Waals surface area contributed by atoms with Gasteiger partial charge in [0, 0.05) is 19.0 Å². The lowest BCUT2D eigenvalue weighted by atomic mass is 10.1. The van der Waals surface area contributed by atoms with E-state index in [4.69, 9.17) is 4.42 Å². The van der Waals surface area contributed by atoms with Crippen LogP contribution in [0.1, 0.15) is 30.1 Å². The average molecular weight is 180 g/mol. The normalized spacial score (nSPS) is 16.5. The molecule has 4 heteroatoms. The minimum absolute atomic E-state index is 0.00926. The molecule has 1 aromatic heterocycles. The molecular weight excluding hydrogens is 168 g/mol. The third-order valence-corrected chi connectivity index (χ3v) is 2.31. The largest absolute Gasteiger partial charge is 0.448 e. The molecule has 0 unspecified atom stereocenters. The Morgan fingerprint density at radius 3 is 3.08 bits per heavy atom. The van der Waals surface area contributed by atoms with E-state index in [9.17, 15) is 4.79 Å². The van der Waals surface area contributed by atoms with E-state index < -0.39 is 0 Å². The van der Waals surface area contributed by atoms with Crippen LogP contribution in [0.2, 0.25) is 0 Å². The molecule has 4 nitrogen and oxygen atoms in total. The standard InChI is InChI=1S/C9H12N2O2/c1-6(2)11-4-3-7-8(9(11)12)10-5-13-7/h5-6H,3-4H2,1-2H3. The van der Waals surface area contributed by atoms with E-state index in [0.29, 0.717) is 5.69 Å². The van der Waals surface area contributed by atoms with E-state index in [1.54, 1.807) is 0 Å². The molecular formula is C9H12N2O2. The van der Waals surface area contributed by atoms with E-state index in [-0.39, 0.29) is 11.9 Å². The van der Waals surface area contributed by atoms with Crippen molar-refractivity contribution in [3.63, 3.8) is 0 Å². The van der Waals surface area contributed by atoms with Crippen molar-refractivity contribution < 1.29 is 9.21 Å². The molecule has 0 saturated heterocycles. The number of fused-ring (bicyclic) bond motifs is 1. The Bertz CT molecular complexity index is 330. The first-order chi connectivity index (χ1) is 6.20. The van der Waals surface area contributed by atoms with Crippen LogP contribution in [0.3, 0.4) is 0 Å². The highest BCUT2D eigenvalue weighted by molar-refractivity contribution is 5.94. The van der Waals surface area contributed by atoms with Crippen LogP contribution in [-0.2, 0) is 6.42 Å². The zero-order chi connectivity index (χ0) is 9.42.